The van der Waals surface area contributed by atoms with Gasteiger partial charge in [-0.05, 0) is 42.3 Å². The number of hydrazone groups is 1. The standard InChI is InChI=1S/C23H20Cl2N2O2/c1-16-5-7-17(8-6-16)12-23(28)27-26-14-18-3-2-4-21(11-18)29-15-19-9-10-20(24)13-22(19)25/h2-11,13-14H,12,15H2,1H3,(H,27,28)/b26-14+. The zero-order valence-electron chi connectivity index (χ0n) is 15.9. The summed E-state index contributed by atoms with van der Waals surface area (Å²) in [6.07, 6.45) is 1.86. The first-order valence-electron chi connectivity index (χ1n) is 9.04. The Morgan fingerprint density at radius 3 is 2.62 bits per heavy atom. The molecule has 0 saturated heterocycles. The average molecular weight is 427 g/mol. The van der Waals surface area contributed by atoms with E-state index in [-0.39, 0.29) is 12.3 Å². The number of amides is 1. The maximum atomic E-state index is 12.0. The van der Waals surface area contributed by atoms with Gasteiger partial charge in [-0.2, -0.15) is 5.10 Å². The molecule has 0 heterocycles. The second-order valence-electron chi connectivity index (χ2n) is 6.55. The minimum Gasteiger partial charge on any atom is -0.489 e. The molecular formula is C23H20Cl2N2O2. The summed E-state index contributed by atoms with van der Waals surface area (Å²) in [4.78, 5) is 12.0. The van der Waals surface area contributed by atoms with Crippen molar-refractivity contribution in [2.75, 3.05) is 0 Å². The van der Waals surface area contributed by atoms with Gasteiger partial charge in [-0.25, -0.2) is 5.43 Å². The van der Waals surface area contributed by atoms with Crippen molar-refractivity contribution in [1.29, 1.82) is 0 Å². The van der Waals surface area contributed by atoms with Crippen LogP contribution in [0.5, 0.6) is 5.75 Å². The van der Waals surface area contributed by atoms with Gasteiger partial charge in [0, 0.05) is 15.6 Å². The molecule has 0 unspecified atom stereocenters. The smallest absolute Gasteiger partial charge is 0.244 e. The van der Waals surface area contributed by atoms with Crippen molar-refractivity contribution in [1.82, 2.24) is 5.43 Å². The third-order valence-electron chi connectivity index (χ3n) is 4.16. The molecule has 6 heteroatoms. The number of carbonyl (C=O) groups is 1. The van der Waals surface area contributed by atoms with E-state index in [1.165, 1.54) is 0 Å². The van der Waals surface area contributed by atoms with Crippen LogP contribution in [0.2, 0.25) is 10.0 Å². The summed E-state index contributed by atoms with van der Waals surface area (Å²) >= 11 is 12.1. The number of rotatable bonds is 7. The minimum atomic E-state index is -0.171. The molecule has 0 radical (unpaired) electrons. The average Bonchev–Trinajstić information content (AvgIpc) is 2.69. The van der Waals surface area contributed by atoms with E-state index in [4.69, 9.17) is 27.9 Å². The van der Waals surface area contributed by atoms with Crippen molar-refractivity contribution in [3.8, 4) is 5.75 Å². The number of nitrogens with zero attached hydrogens (tertiary/aromatic N) is 1. The van der Waals surface area contributed by atoms with Gasteiger partial charge in [0.15, 0.2) is 0 Å². The van der Waals surface area contributed by atoms with Gasteiger partial charge in [-0.3, -0.25) is 4.79 Å². The summed E-state index contributed by atoms with van der Waals surface area (Å²) in [6, 6.07) is 20.5. The van der Waals surface area contributed by atoms with Gasteiger partial charge in [0.25, 0.3) is 0 Å². The molecule has 0 fully saturated rings. The highest BCUT2D eigenvalue weighted by atomic mass is 35.5. The van der Waals surface area contributed by atoms with Gasteiger partial charge in [-0.1, -0.05) is 71.2 Å². The van der Waals surface area contributed by atoms with E-state index in [9.17, 15) is 4.79 Å². The van der Waals surface area contributed by atoms with Crippen LogP contribution in [0.3, 0.4) is 0 Å². The number of halogens is 2. The maximum absolute atomic E-state index is 12.0. The lowest BCUT2D eigenvalue weighted by molar-refractivity contribution is -0.120. The molecule has 0 spiro atoms. The Balaban J connectivity index is 1.53. The van der Waals surface area contributed by atoms with E-state index in [0.717, 1.165) is 22.3 Å². The van der Waals surface area contributed by atoms with Crippen molar-refractivity contribution in [2.24, 2.45) is 5.10 Å². The van der Waals surface area contributed by atoms with Gasteiger partial charge in [-0.15, -0.1) is 0 Å². The van der Waals surface area contributed by atoms with Crippen LogP contribution in [0.4, 0.5) is 0 Å². The maximum Gasteiger partial charge on any atom is 0.244 e. The summed E-state index contributed by atoms with van der Waals surface area (Å²) in [7, 11) is 0. The molecule has 0 aliphatic rings. The monoisotopic (exact) mass is 426 g/mol. The Morgan fingerprint density at radius 2 is 1.86 bits per heavy atom. The lowest BCUT2D eigenvalue weighted by Crippen LogP contribution is -2.19. The molecule has 4 nitrogen and oxygen atoms in total. The van der Waals surface area contributed by atoms with Gasteiger partial charge in [0.05, 0.1) is 12.6 Å². The number of aryl methyl sites for hydroxylation is 1. The molecule has 0 aliphatic carbocycles. The third-order valence-corrected chi connectivity index (χ3v) is 4.74. The number of hydrogen-bond acceptors (Lipinski definition) is 3. The fourth-order valence-electron chi connectivity index (χ4n) is 2.59. The van der Waals surface area contributed by atoms with Gasteiger partial charge >= 0.3 is 0 Å². The van der Waals surface area contributed by atoms with E-state index < -0.39 is 0 Å². The first kappa shape index (κ1) is 20.9. The van der Waals surface area contributed by atoms with Crippen LogP contribution in [0.1, 0.15) is 22.3 Å². The van der Waals surface area contributed by atoms with Crippen LogP contribution < -0.4 is 10.2 Å². The summed E-state index contributed by atoms with van der Waals surface area (Å²) in [5.74, 6) is 0.501. The summed E-state index contributed by atoms with van der Waals surface area (Å²) < 4.78 is 5.79. The topological polar surface area (TPSA) is 50.7 Å². The van der Waals surface area contributed by atoms with Crippen LogP contribution in [0.15, 0.2) is 71.8 Å². The fourth-order valence-corrected chi connectivity index (χ4v) is 3.06. The molecule has 1 N–H and O–H groups in total. The van der Waals surface area contributed by atoms with Gasteiger partial charge < -0.3 is 4.74 Å². The molecule has 0 bridgehead atoms. The molecule has 148 valence electrons. The molecule has 3 aromatic rings. The van der Waals surface area contributed by atoms with Crippen molar-refractivity contribution < 1.29 is 9.53 Å². The van der Waals surface area contributed by atoms with Gasteiger partial charge in [0.1, 0.15) is 12.4 Å². The second kappa shape index (κ2) is 10.1. The number of nitrogens with one attached hydrogen (secondary N) is 1. The quantitative estimate of drug-likeness (QED) is 0.396. The first-order valence-corrected chi connectivity index (χ1v) is 9.79. The number of hydrogen-bond donors (Lipinski definition) is 1. The van der Waals surface area contributed by atoms with E-state index in [0.29, 0.717) is 22.4 Å². The summed E-state index contributed by atoms with van der Waals surface area (Å²) in [5.41, 5.74) is 6.30. The molecule has 0 aliphatic heterocycles. The van der Waals surface area contributed by atoms with Crippen LogP contribution in [0.25, 0.3) is 0 Å². The van der Waals surface area contributed by atoms with Crippen LogP contribution in [0, 0.1) is 6.92 Å². The lowest BCUT2D eigenvalue weighted by atomic mass is 10.1. The number of ether oxygens (including phenoxy) is 1. The van der Waals surface area contributed by atoms with Gasteiger partial charge in [0.2, 0.25) is 5.91 Å². The Kier molecular flexibility index (Phi) is 7.28. The number of benzene rings is 3. The van der Waals surface area contributed by atoms with Crippen molar-refractivity contribution in [3.05, 3.63) is 99.0 Å². The third kappa shape index (κ3) is 6.63. The molecule has 29 heavy (non-hydrogen) atoms. The molecule has 3 aromatic carbocycles. The largest absolute Gasteiger partial charge is 0.489 e. The molecule has 0 saturated carbocycles. The van der Waals surface area contributed by atoms with Crippen molar-refractivity contribution in [3.63, 3.8) is 0 Å². The van der Waals surface area contributed by atoms with Crippen LogP contribution in [-0.4, -0.2) is 12.1 Å². The van der Waals surface area contributed by atoms with Crippen molar-refractivity contribution in [2.45, 2.75) is 20.0 Å². The summed E-state index contributed by atoms with van der Waals surface area (Å²) in [6.45, 7) is 2.33. The molecular weight excluding hydrogens is 407 g/mol. The number of carbonyl (C=O) groups excluding carboxylic acids is 1. The first-order chi connectivity index (χ1) is 14.0. The normalized spacial score (nSPS) is 10.9. The van der Waals surface area contributed by atoms with Crippen LogP contribution >= 0.6 is 23.2 Å². The molecule has 0 aromatic heterocycles. The Hall–Kier alpha value is -2.82. The zero-order chi connectivity index (χ0) is 20.6. The SMILES string of the molecule is Cc1ccc(CC(=O)N/N=C/c2cccc(OCc3ccc(Cl)cc3Cl)c2)cc1. The zero-order valence-corrected chi connectivity index (χ0v) is 17.4. The predicted molar refractivity (Wildman–Crippen MR) is 118 cm³/mol. The second-order valence-corrected chi connectivity index (χ2v) is 7.40. The van der Waals surface area contributed by atoms with E-state index >= 15 is 0 Å². The van der Waals surface area contributed by atoms with E-state index in [2.05, 4.69) is 10.5 Å². The minimum absolute atomic E-state index is 0.171. The highest BCUT2D eigenvalue weighted by molar-refractivity contribution is 6.35. The van der Waals surface area contributed by atoms with Crippen molar-refractivity contribution >= 4 is 35.3 Å². The Bertz CT molecular complexity index is 1020. The summed E-state index contributed by atoms with van der Waals surface area (Å²) in [5, 5.41) is 5.17. The molecule has 0 atom stereocenters. The highest BCUT2D eigenvalue weighted by Crippen LogP contribution is 2.23. The van der Waals surface area contributed by atoms with E-state index in [1.54, 1.807) is 18.3 Å². The Morgan fingerprint density at radius 1 is 1.07 bits per heavy atom. The lowest BCUT2D eigenvalue weighted by Gasteiger charge is -2.08. The predicted octanol–water partition coefficient (Wildman–Crippen LogP) is 5.57. The Labute approximate surface area is 180 Å². The fraction of sp³-hybridized carbons (Fsp3) is 0.130. The van der Waals surface area contributed by atoms with E-state index in [1.807, 2.05) is 61.5 Å². The highest BCUT2D eigenvalue weighted by Gasteiger charge is 2.04. The molecule has 3 rings (SSSR count). The van der Waals surface area contributed by atoms with Crippen LogP contribution in [-0.2, 0) is 17.8 Å². The molecule has 1 amide bonds.